The third-order valence-electron chi connectivity index (χ3n) is 5.28. The Balaban J connectivity index is 1.45. The molecule has 0 aliphatic carbocycles. The molecule has 0 atom stereocenters. The summed E-state index contributed by atoms with van der Waals surface area (Å²) in [6.45, 7) is 7.89. The number of carbonyl (C=O) groups is 1. The van der Waals surface area contributed by atoms with Crippen molar-refractivity contribution in [2.24, 2.45) is 4.99 Å². The average Bonchev–Trinajstić information content (AvgIpc) is 3.42. The van der Waals surface area contributed by atoms with Gasteiger partial charge in [0.25, 0.3) is 0 Å². The fourth-order valence-electron chi connectivity index (χ4n) is 3.64. The van der Waals surface area contributed by atoms with Gasteiger partial charge in [0.15, 0.2) is 5.96 Å². The molecule has 8 heteroatoms. The molecule has 2 aliphatic heterocycles. The van der Waals surface area contributed by atoms with Gasteiger partial charge in [-0.1, -0.05) is 0 Å². The maximum atomic E-state index is 12.4. The van der Waals surface area contributed by atoms with Crippen molar-refractivity contribution in [3.05, 3.63) is 24.2 Å². The number of aliphatic imine (C=N–C) groups is 1. The third-order valence-corrected chi connectivity index (χ3v) is 5.28. The first kappa shape index (κ1) is 20.7. The largest absolute Gasteiger partial charge is 0.469 e. The molecule has 1 aromatic rings. The number of hydrogen-bond acceptors (Lipinski definition) is 5. The van der Waals surface area contributed by atoms with Crippen LogP contribution < -0.4 is 5.32 Å². The molecule has 0 aromatic carbocycles. The zero-order valence-electron chi connectivity index (χ0n) is 16.9. The van der Waals surface area contributed by atoms with E-state index in [-0.39, 0.29) is 5.91 Å². The lowest BCUT2D eigenvalue weighted by atomic mass is 10.3. The van der Waals surface area contributed by atoms with E-state index in [1.807, 2.05) is 17.0 Å². The normalized spacial score (nSPS) is 18.7. The van der Waals surface area contributed by atoms with E-state index in [2.05, 4.69) is 20.1 Å². The molecular formula is C20H33N5O3. The number of amides is 1. The Bertz CT molecular complexity index is 605. The second-order valence-electron chi connectivity index (χ2n) is 7.31. The van der Waals surface area contributed by atoms with Crippen LogP contribution in [0.15, 0.2) is 27.8 Å². The first-order chi connectivity index (χ1) is 13.8. The van der Waals surface area contributed by atoms with Crippen molar-refractivity contribution in [3.63, 3.8) is 0 Å². The Morgan fingerprint density at radius 1 is 1.18 bits per heavy atom. The predicted octanol–water partition coefficient (Wildman–Crippen LogP) is 0.654. The summed E-state index contributed by atoms with van der Waals surface area (Å²) >= 11 is 0. The number of hydrogen-bond donors (Lipinski definition) is 1. The molecule has 2 fully saturated rings. The lowest BCUT2D eigenvalue weighted by molar-refractivity contribution is -0.131. The molecule has 2 saturated heterocycles. The minimum Gasteiger partial charge on any atom is -0.469 e. The van der Waals surface area contributed by atoms with Crippen molar-refractivity contribution in [1.82, 2.24) is 20.0 Å². The van der Waals surface area contributed by atoms with E-state index in [0.29, 0.717) is 19.7 Å². The number of guanidine groups is 1. The average molecular weight is 392 g/mol. The minimum absolute atomic E-state index is 0.275. The number of carbonyl (C=O) groups excluding carboxylic acids is 1. The summed E-state index contributed by atoms with van der Waals surface area (Å²) in [6.07, 6.45) is 4.81. The molecule has 3 heterocycles. The molecule has 3 rings (SSSR count). The summed E-state index contributed by atoms with van der Waals surface area (Å²) in [5.74, 6) is 2.15. The summed E-state index contributed by atoms with van der Waals surface area (Å²) in [7, 11) is 1.69. The van der Waals surface area contributed by atoms with Crippen LogP contribution in [0.3, 0.4) is 0 Å². The molecule has 1 N–H and O–H groups in total. The predicted molar refractivity (Wildman–Crippen MR) is 108 cm³/mol. The Kier molecular flexibility index (Phi) is 8.17. The monoisotopic (exact) mass is 391 g/mol. The fourth-order valence-corrected chi connectivity index (χ4v) is 3.64. The molecule has 0 unspecified atom stereocenters. The number of nitrogens with one attached hydrogen (secondary N) is 1. The van der Waals surface area contributed by atoms with Gasteiger partial charge in [-0.3, -0.25) is 14.7 Å². The van der Waals surface area contributed by atoms with Crippen LogP contribution in [0, 0.1) is 0 Å². The summed E-state index contributed by atoms with van der Waals surface area (Å²) in [5, 5.41) is 3.45. The number of methoxy groups -OCH3 is 1. The van der Waals surface area contributed by atoms with Gasteiger partial charge in [-0.2, -0.15) is 0 Å². The number of furan rings is 1. The number of piperazine rings is 1. The molecule has 0 spiro atoms. The van der Waals surface area contributed by atoms with E-state index >= 15 is 0 Å². The molecule has 28 heavy (non-hydrogen) atoms. The molecular weight excluding hydrogens is 358 g/mol. The van der Waals surface area contributed by atoms with Crippen LogP contribution in [0.25, 0.3) is 0 Å². The Morgan fingerprint density at radius 3 is 2.64 bits per heavy atom. The SMILES string of the molecule is COCCN=C(NCCc1ccco1)N1CCN(CC(=O)N2CCCC2)CC1. The zero-order valence-corrected chi connectivity index (χ0v) is 16.9. The van der Waals surface area contributed by atoms with E-state index in [9.17, 15) is 4.79 Å². The fraction of sp³-hybridized carbons (Fsp3) is 0.700. The standard InChI is InChI=1S/C20H33N5O3/c1-27-16-8-22-20(21-7-6-18-5-4-15-28-18)25-13-11-23(12-14-25)17-19(26)24-9-2-3-10-24/h4-5,15H,2-3,6-14,16-17H2,1H3,(H,21,22). The van der Waals surface area contributed by atoms with E-state index in [1.54, 1.807) is 13.4 Å². The Labute approximate surface area is 167 Å². The topological polar surface area (TPSA) is 73.5 Å². The van der Waals surface area contributed by atoms with Gasteiger partial charge >= 0.3 is 0 Å². The van der Waals surface area contributed by atoms with E-state index in [4.69, 9.17) is 9.15 Å². The maximum Gasteiger partial charge on any atom is 0.236 e. The van der Waals surface area contributed by atoms with Crippen LogP contribution in [-0.2, 0) is 16.0 Å². The highest BCUT2D eigenvalue weighted by Gasteiger charge is 2.24. The van der Waals surface area contributed by atoms with Crippen molar-refractivity contribution < 1.29 is 13.9 Å². The van der Waals surface area contributed by atoms with Gasteiger partial charge in [0.1, 0.15) is 5.76 Å². The zero-order chi connectivity index (χ0) is 19.6. The van der Waals surface area contributed by atoms with Gasteiger partial charge < -0.3 is 24.3 Å². The number of rotatable bonds is 8. The highest BCUT2D eigenvalue weighted by molar-refractivity contribution is 5.80. The summed E-state index contributed by atoms with van der Waals surface area (Å²) in [5.41, 5.74) is 0. The smallest absolute Gasteiger partial charge is 0.236 e. The van der Waals surface area contributed by atoms with E-state index < -0.39 is 0 Å². The molecule has 8 nitrogen and oxygen atoms in total. The van der Waals surface area contributed by atoms with Crippen molar-refractivity contribution in [2.75, 3.05) is 72.6 Å². The van der Waals surface area contributed by atoms with Gasteiger partial charge in [0, 0.05) is 59.3 Å². The Morgan fingerprint density at radius 2 is 1.96 bits per heavy atom. The van der Waals surface area contributed by atoms with Gasteiger partial charge in [0.05, 0.1) is 26.0 Å². The molecule has 1 amide bonds. The lowest BCUT2D eigenvalue weighted by Crippen LogP contribution is -2.54. The van der Waals surface area contributed by atoms with Crippen LogP contribution >= 0.6 is 0 Å². The minimum atomic E-state index is 0.275. The number of nitrogens with zero attached hydrogens (tertiary/aromatic N) is 4. The van der Waals surface area contributed by atoms with Gasteiger partial charge in [-0.15, -0.1) is 0 Å². The van der Waals surface area contributed by atoms with Crippen molar-refractivity contribution in [3.8, 4) is 0 Å². The number of ether oxygens (including phenoxy) is 1. The van der Waals surface area contributed by atoms with Gasteiger partial charge in [0.2, 0.25) is 5.91 Å². The van der Waals surface area contributed by atoms with Crippen molar-refractivity contribution in [2.45, 2.75) is 19.3 Å². The summed E-state index contributed by atoms with van der Waals surface area (Å²) < 4.78 is 10.5. The van der Waals surface area contributed by atoms with Crippen LogP contribution in [-0.4, -0.2) is 99.2 Å². The molecule has 1 aromatic heterocycles. The molecule has 0 radical (unpaired) electrons. The quantitative estimate of drug-likeness (QED) is 0.399. The number of likely N-dealkylation sites (tertiary alicyclic amines) is 1. The van der Waals surface area contributed by atoms with Crippen LogP contribution in [0.1, 0.15) is 18.6 Å². The first-order valence-corrected chi connectivity index (χ1v) is 10.3. The second-order valence-corrected chi connectivity index (χ2v) is 7.31. The van der Waals surface area contributed by atoms with Crippen LogP contribution in [0.5, 0.6) is 0 Å². The van der Waals surface area contributed by atoms with Crippen LogP contribution in [0.2, 0.25) is 0 Å². The lowest BCUT2D eigenvalue weighted by Gasteiger charge is -2.36. The summed E-state index contributed by atoms with van der Waals surface area (Å²) in [6, 6.07) is 3.89. The summed E-state index contributed by atoms with van der Waals surface area (Å²) in [4.78, 5) is 23.6. The van der Waals surface area contributed by atoms with Gasteiger partial charge in [-0.05, 0) is 25.0 Å². The molecule has 156 valence electrons. The van der Waals surface area contributed by atoms with E-state index in [1.165, 1.54) is 0 Å². The second kappa shape index (κ2) is 11.1. The van der Waals surface area contributed by atoms with Crippen molar-refractivity contribution >= 4 is 11.9 Å². The highest BCUT2D eigenvalue weighted by Crippen LogP contribution is 2.09. The maximum absolute atomic E-state index is 12.4. The third kappa shape index (κ3) is 6.24. The molecule has 0 bridgehead atoms. The first-order valence-electron chi connectivity index (χ1n) is 10.3. The molecule has 2 aliphatic rings. The molecule has 0 saturated carbocycles. The Hall–Kier alpha value is -2.06. The van der Waals surface area contributed by atoms with E-state index in [0.717, 1.165) is 76.8 Å². The van der Waals surface area contributed by atoms with Crippen molar-refractivity contribution in [1.29, 1.82) is 0 Å². The van der Waals surface area contributed by atoms with Crippen LogP contribution in [0.4, 0.5) is 0 Å². The van der Waals surface area contributed by atoms with Gasteiger partial charge in [-0.25, -0.2) is 0 Å². The highest BCUT2D eigenvalue weighted by atomic mass is 16.5.